The van der Waals surface area contributed by atoms with Crippen molar-refractivity contribution in [1.82, 2.24) is 4.90 Å². The van der Waals surface area contributed by atoms with Gasteiger partial charge in [-0.2, -0.15) is 0 Å². The minimum Gasteiger partial charge on any atom is -0.394 e. The summed E-state index contributed by atoms with van der Waals surface area (Å²) in [4.78, 5) is 2.03. The van der Waals surface area contributed by atoms with Gasteiger partial charge >= 0.3 is 0 Å². The maximum Gasteiger partial charge on any atom is 0.0628 e. The summed E-state index contributed by atoms with van der Waals surface area (Å²) in [5, 5.41) is 9.23. The summed E-state index contributed by atoms with van der Waals surface area (Å²) < 4.78 is 0. The van der Waals surface area contributed by atoms with E-state index < -0.39 is 0 Å². The van der Waals surface area contributed by atoms with Crippen molar-refractivity contribution < 1.29 is 5.11 Å². The molecule has 1 aromatic carbocycles. The second kappa shape index (κ2) is 5.13. The van der Waals surface area contributed by atoms with Crippen LogP contribution in [0.2, 0.25) is 0 Å². The lowest BCUT2D eigenvalue weighted by molar-refractivity contribution is 0.171. The van der Waals surface area contributed by atoms with Crippen LogP contribution < -0.4 is 0 Å². The number of benzene rings is 1. The summed E-state index contributed by atoms with van der Waals surface area (Å²) in [6.45, 7) is 2.31. The zero-order valence-electron chi connectivity index (χ0n) is 9.20. The number of hydrogen-bond donors (Lipinski definition) is 1. The summed E-state index contributed by atoms with van der Waals surface area (Å²) in [6, 6.07) is 8.56. The average Bonchev–Trinajstić information content (AvgIpc) is 2.19. The lowest BCUT2D eigenvalue weighted by atomic mass is 10.0. The van der Waals surface area contributed by atoms with Crippen molar-refractivity contribution in [2.45, 2.75) is 19.4 Å². The topological polar surface area (TPSA) is 23.5 Å². The molecule has 0 radical (unpaired) electrons. The molecule has 2 nitrogen and oxygen atoms in total. The first-order valence-corrected chi connectivity index (χ1v) is 5.05. The van der Waals surface area contributed by atoms with Crippen molar-refractivity contribution in [3.63, 3.8) is 0 Å². The summed E-state index contributed by atoms with van der Waals surface area (Å²) in [5.74, 6) is 0. The Morgan fingerprint density at radius 1 is 1.21 bits per heavy atom. The number of hydrogen-bond acceptors (Lipinski definition) is 2. The van der Waals surface area contributed by atoms with Crippen molar-refractivity contribution in [1.29, 1.82) is 0 Å². The Morgan fingerprint density at radius 2 is 1.79 bits per heavy atom. The van der Waals surface area contributed by atoms with E-state index in [0.29, 0.717) is 0 Å². The number of aryl methyl sites for hydroxylation is 1. The van der Waals surface area contributed by atoms with Crippen LogP contribution in [0.15, 0.2) is 24.3 Å². The van der Waals surface area contributed by atoms with E-state index in [2.05, 4.69) is 31.2 Å². The lowest BCUT2D eigenvalue weighted by Crippen LogP contribution is -2.22. The van der Waals surface area contributed by atoms with Gasteiger partial charge in [0, 0.05) is 0 Å². The van der Waals surface area contributed by atoms with E-state index >= 15 is 0 Å². The first-order chi connectivity index (χ1) is 6.69. The van der Waals surface area contributed by atoms with Crippen molar-refractivity contribution in [3.8, 4) is 0 Å². The molecule has 1 rings (SSSR count). The van der Waals surface area contributed by atoms with Gasteiger partial charge in [0.05, 0.1) is 12.6 Å². The predicted molar refractivity (Wildman–Crippen MR) is 59.3 cm³/mol. The fraction of sp³-hybridized carbons (Fsp3) is 0.500. The Labute approximate surface area is 86.2 Å². The van der Waals surface area contributed by atoms with Crippen LogP contribution in [-0.4, -0.2) is 30.7 Å². The van der Waals surface area contributed by atoms with Gasteiger partial charge in [-0.25, -0.2) is 0 Å². The summed E-state index contributed by atoms with van der Waals surface area (Å²) in [6.07, 6.45) is 1.06. The van der Waals surface area contributed by atoms with E-state index in [9.17, 15) is 5.11 Å². The van der Waals surface area contributed by atoms with Gasteiger partial charge in [-0.05, 0) is 31.6 Å². The van der Waals surface area contributed by atoms with Crippen LogP contribution in [0.4, 0.5) is 0 Å². The zero-order valence-corrected chi connectivity index (χ0v) is 9.20. The maximum absolute atomic E-state index is 9.23. The first-order valence-electron chi connectivity index (χ1n) is 5.05. The largest absolute Gasteiger partial charge is 0.394 e. The van der Waals surface area contributed by atoms with E-state index in [-0.39, 0.29) is 12.6 Å². The van der Waals surface area contributed by atoms with Crippen molar-refractivity contribution >= 4 is 0 Å². The molecule has 1 aromatic rings. The van der Waals surface area contributed by atoms with Crippen LogP contribution in [0, 0.1) is 0 Å². The standard InChI is InChI=1S/C12H19NO/c1-4-10-5-7-11(8-6-10)12(9-14)13(2)3/h5-8,12,14H,4,9H2,1-3H3. The molecule has 1 unspecified atom stereocenters. The van der Waals surface area contributed by atoms with E-state index in [1.165, 1.54) is 11.1 Å². The SMILES string of the molecule is CCc1ccc(C(CO)N(C)C)cc1. The summed E-state index contributed by atoms with van der Waals surface area (Å²) >= 11 is 0. The molecule has 14 heavy (non-hydrogen) atoms. The van der Waals surface area contributed by atoms with E-state index in [4.69, 9.17) is 0 Å². The molecule has 1 N–H and O–H groups in total. The highest BCUT2D eigenvalue weighted by atomic mass is 16.3. The number of nitrogens with zero attached hydrogens (tertiary/aromatic N) is 1. The van der Waals surface area contributed by atoms with Gasteiger partial charge in [0.2, 0.25) is 0 Å². The van der Waals surface area contributed by atoms with Gasteiger partial charge in [-0.15, -0.1) is 0 Å². The van der Waals surface area contributed by atoms with Gasteiger partial charge in [-0.1, -0.05) is 31.2 Å². The normalized spacial score (nSPS) is 13.2. The van der Waals surface area contributed by atoms with E-state index in [1.807, 2.05) is 19.0 Å². The molecule has 0 amide bonds. The third-order valence-corrected chi connectivity index (χ3v) is 2.57. The third kappa shape index (κ3) is 2.56. The highest BCUT2D eigenvalue weighted by Gasteiger charge is 2.11. The molecule has 0 aliphatic carbocycles. The first kappa shape index (κ1) is 11.2. The van der Waals surface area contributed by atoms with Crippen LogP contribution in [0.3, 0.4) is 0 Å². The second-order valence-electron chi connectivity index (χ2n) is 3.76. The van der Waals surface area contributed by atoms with Gasteiger partial charge in [0.1, 0.15) is 0 Å². The Morgan fingerprint density at radius 3 is 2.14 bits per heavy atom. The lowest BCUT2D eigenvalue weighted by Gasteiger charge is -2.22. The monoisotopic (exact) mass is 193 g/mol. The third-order valence-electron chi connectivity index (χ3n) is 2.57. The molecule has 1 atom stereocenters. The maximum atomic E-state index is 9.23. The average molecular weight is 193 g/mol. The Kier molecular flexibility index (Phi) is 4.11. The molecule has 0 aromatic heterocycles. The van der Waals surface area contributed by atoms with Crippen LogP contribution in [0.5, 0.6) is 0 Å². The minimum absolute atomic E-state index is 0.112. The molecule has 0 fully saturated rings. The van der Waals surface area contributed by atoms with E-state index in [1.54, 1.807) is 0 Å². The number of aliphatic hydroxyl groups is 1. The molecule has 0 bridgehead atoms. The number of likely N-dealkylation sites (N-methyl/N-ethyl adjacent to an activating group) is 1. The molecule has 0 saturated heterocycles. The smallest absolute Gasteiger partial charge is 0.0628 e. The summed E-state index contributed by atoms with van der Waals surface area (Å²) in [7, 11) is 3.96. The fourth-order valence-electron chi connectivity index (χ4n) is 1.54. The molecule has 0 saturated carbocycles. The molecule has 0 aliphatic rings. The fourth-order valence-corrected chi connectivity index (χ4v) is 1.54. The molecular weight excluding hydrogens is 174 g/mol. The van der Waals surface area contributed by atoms with Gasteiger partial charge in [0.25, 0.3) is 0 Å². The highest BCUT2D eigenvalue weighted by Crippen LogP contribution is 2.17. The van der Waals surface area contributed by atoms with Crippen molar-refractivity contribution in [2.24, 2.45) is 0 Å². The quantitative estimate of drug-likeness (QED) is 0.788. The van der Waals surface area contributed by atoms with Crippen LogP contribution in [0.25, 0.3) is 0 Å². The molecule has 0 aliphatic heterocycles. The number of aliphatic hydroxyl groups excluding tert-OH is 1. The van der Waals surface area contributed by atoms with E-state index in [0.717, 1.165) is 6.42 Å². The predicted octanol–water partition coefficient (Wildman–Crippen LogP) is 1.84. The molecule has 2 heteroatoms. The molecule has 78 valence electrons. The second-order valence-corrected chi connectivity index (χ2v) is 3.76. The van der Waals surface area contributed by atoms with Gasteiger partial charge < -0.3 is 10.0 Å². The molecular formula is C12H19NO. The van der Waals surface area contributed by atoms with Gasteiger partial charge in [0.15, 0.2) is 0 Å². The Bertz CT molecular complexity index is 266. The molecule has 0 heterocycles. The van der Waals surface area contributed by atoms with Crippen molar-refractivity contribution in [2.75, 3.05) is 20.7 Å². The zero-order chi connectivity index (χ0) is 10.6. The summed E-state index contributed by atoms with van der Waals surface area (Å²) in [5.41, 5.74) is 2.51. The van der Waals surface area contributed by atoms with Gasteiger partial charge in [-0.3, -0.25) is 0 Å². The highest BCUT2D eigenvalue weighted by molar-refractivity contribution is 5.25. The molecule has 0 spiro atoms. The Balaban J connectivity index is 2.84. The number of rotatable bonds is 4. The van der Waals surface area contributed by atoms with Crippen LogP contribution >= 0.6 is 0 Å². The van der Waals surface area contributed by atoms with Crippen LogP contribution in [-0.2, 0) is 6.42 Å². The van der Waals surface area contributed by atoms with Crippen molar-refractivity contribution in [3.05, 3.63) is 35.4 Å². The Hall–Kier alpha value is -0.860. The minimum atomic E-state index is 0.112. The van der Waals surface area contributed by atoms with Crippen LogP contribution in [0.1, 0.15) is 24.1 Å².